The number of hydrogen-bond acceptors (Lipinski definition) is 6. The SMILES string of the molecule is CCCCCCCCN(C(=O)OC(C)(C)C)[C@@H]1C=C2COC(c3ccccc3)O[C@@H]2C2OC(c3ccccc3)O[C@H]21. The third kappa shape index (κ3) is 7.39. The van der Waals surface area contributed by atoms with Crippen molar-refractivity contribution in [3.05, 3.63) is 83.4 Å². The molecule has 0 radical (unpaired) electrons. The van der Waals surface area contributed by atoms with Gasteiger partial charge in [-0.25, -0.2) is 4.79 Å². The minimum Gasteiger partial charge on any atom is -0.444 e. The third-order valence-electron chi connectivity index (χ3n) is 7.83. The van der Waals surface area contributed by atoms with Crippen LogP contribution in [0.25, 0.3) is 0 Å². The highest BCUT2D eigenvalue weighted by molar-refractivity contribution is 5.69. The van der Waals surface area contributed by atoms with Crippen LogP contribution in [0.3, 0.4) is 0 Å². The molecular formula is C34H45NO6. The predicted octanol–water partition coefficient (Wildman–Crippen LogP) is 7.49. The summed E-state index contributed by atoms with van der Waals surface area (Å²) in [5, 5.41) is 0. The second-order valence-electron chi connectivity index (χ2n) is 12.2. The number of carbonyl (C=O) groups excluding carboxylic acids is 1. The Morgan fingerprint density at radius 2 is 1.44 bits per heavy atom. The van der Waals surface area contributed by atoms with Crippen LogP contribution in [-0.2, 0) is 23.7 Å². The molecule has 2 aromatic carbocycles. The number of amides is 1. The van der Waals surface area contributed by atoms with Crippen molar-refractivity contribution in [2.75, 3.05) is 13.2 Å². The molecule has 1 aliphatic carbocycles. The average Bonchev–Trinajstić information content (AvgIpc) is 3.42. The topological polar surface area (TPSA) is 66.5 Å². The van der Waals surface area contributed by atoms with Crippen LogP contribution in [0.5, 0.6) is 0 Å². The first kappa shape index (κ1) is 29.8. The molecule has 2 fully saturated rings. The standard InChI is InChI=1S/C34H45NO6/c1-5-6-7-8-9-16-21-35(33(36)41-34(2,3)4)27-22-26-23-37-31(24-17-12-10-13-18-24)38-28(26)30-29(27)39-32(40-30)25-19-14-11-15-20-25/h10-15,17-20,22,27-32H,5-9,16,21,23H2,1-4H3/t27-,28+,29+,30?,31?,32?/m1/s1. The second kappa shape index (κ2) is 13.5. The molecule has 3 aliphatic rings. The van der Waals surface area contributed by atoms with Gasteiger partial charge in [0.25, 0.3) is 0 Å². The van der Waals surface area contributed by atoms with Crippen LogP contribution in [0.15, 0.2) is 72.3 Å². The van der Waals surface area contributed by atoms with Crippen molar-refractivity contribution in [2.24, 2.45) is 0 Å². The van der Waals surface area contributed by atoms with Crippen molar-refractivity contribution in [3.63, 3.8) is 0 Å². The lowest BCUT2D eigenvalue weighted by atomic mass is 9.86. The van der Waals surface area contributed by atoms with Crippen LogP contribution in [0, 0.1) is 0 Å². The molecule has 2 aliphatic heterocycles. The van der Waals surface area contributed by atoms with Gasteiger partial charge in [-0.2, -0.15) is 0 Å². The Bertz CT molecular complexity index is 1150. The van der Waals surface area contributed by atoms with Crippen LogP contribution >= 0.6 is 0 Å². The number of unbranched alkanes of at least 4 members (excludes halogenated alkanes) is 5. The number of rotatable bonds is 10. The van der Waals surface area contributed by atoms with Gasteiger partial charge in [0.05, 0.1) is 12.6 Å². The lowest BCUT2D eigenvalue weighted by Gasteiger charge is -2.44. The van der Waals surface area contributed by atoms with E-state index in [9.17, 15) is 4.79 Å². The average molecular weight is 564 g/mol. The van der Waals surface area contributed by atoms with Gasteiger partial charge in [0.1, 0.15) is 23.9 Å². The van der Waals surface area contributed by atoms with E-state index in [0.29, 0.717) is 13.2 Å². The summed E-state index contributed by atoms with van der Waals surface area (Å²) < 4.78 is 31.9. The van der Waals surface area contributed by atoms with Crippen molar-refractivity contribution >= 4 is 6.09 Å². The Morgan fingerprint density at radius 1 is 0.829 bits per heavy atom. The molecule has 7 heteroatoms. The smallest absolute Gasteiger partial charge is 0.410 e. The number of ether oxygens (including phenoxy) is 5. The largest absolute Gasteiger partial charge is 0.444 e. The molecule has 0 saturated carbocycles. The van der Waals surface area contributed by atoms with Gasteiger partial charge in [0.2, 0.25) is 0 Å². The monoisotopic (exact) mass is 563 g/mol. The second-order valence-corrected chi connectivity index (χ2v) is 12.2. The molecule has 0 bridgehead atoms. The Kier molecular flexibility index (Phi) is 9.81. The zero-order valence-electron chi connectivity index (χ0n) is 24.9. The normalized spacial score (nSPS) is 27.5. The van der Waals surface area contributed by atoms with E-state index >= 15 is 0 Å². The molecule has 1 amide bonds. The summed E-state index contributed by atoms with van der Waals surface area (Å²) in [6, 6.07) is 19.5. The fourth-order valence-corrected chi connectivity index (χ4v) is 5.81. The number of fused-ring (bicyclic) bond motifs is 3. The third-order valence-corrected chi connectivity index (χ3v) is 7.83. The Labute approximate surface area is 244 Å². The summed E-state index contributed by atoms with van der Waals surface area (Å²) in [7, 11) is 0. The first-order valence-corrected chi connectivity index (χ1v) is 15.2. The predicted molar refractivity (Wildman–Crippen MR) is 157 cm³/mol. The lowest BCUT2D eigenvalue weighted by Crippen LogP contribution is -2.58. The van der Waals surface area contributed by atoms with Crippen molar-refractivity contribution in [1.29, 1.82) is 0 Å². The molecule has 5 rings (SSSR count). The van der Waals surface area contributed by atoms with Crippen LogP contribution in [0.2, 0.25) is 0 Å². The molecule has 7 nitrogen and oxygen atoms in total. The molecule has 0 aromatic heterocycles. The van der Waals surface area contributed by atoms with E-state index < -0.39 is 30.4 Å². The summed E-state index contributed by atoms with van der Waals surface area (Å²) in [5.41, 5.74) is 2.26. The lowest BCUT2D eigenvalue weighted by molar-refractivity contribution is -0.221. The molecule has 41 heavy (non-hydrogen) atoms. The zero-order chi connectivity index (χ0) is 28.8. The number of benzene rings is 2. The minimum atomic E-state index is -0.611. The highest BCUT2D eigenvalue weighted by Crippen LogP contribution is 2.44. The molecule has 2 aromatic rings. The molecular weight excluding hydrogens is 518 g/mol. The maximum atomic E-state index is 13.7. The van der Waals surface area contributed by atoms with Gasteiger partial charge in [-0.3, -0.25) is 4.90 Å². The van der Waals surface area contributed by atoms with Crippen LogP contribution in [-0.4, -0.2) is 54.1 Å². The van der Waals surface area contributed by atoms with Crippen LogP contribution in [0.1, 0.15) is 89.9 Å². The summed E-state index contributed by atoms with van der Waals surface area (Å²) >= 11 is 0. The first-order chi connectivity index (χ1) is 19.8. The molecule has 0 spiro atoms. The number of hydrogen-bond donors (Lipinski definition) is 0. The van der Waals surface area contributed by atoms with Gasteiger partial charge in [0, 0.05) is 17.7 Å². The van der Waals surface area contributed by atoms with Gasteiger partial charge in [-0.15, -0.1) is 0 Å². The minimum absolute atomic E-state index is 0.336. The Morgan fingerprint density at radius 3 is 2.10 bits per heavy atom. The van der Waals surface area contributed by atoms with Crippen molar-refractivity contribution in [2.45, 2.75) is 109 Å². The van der Waals surface area contributed by atoms with E-state index in [0.717, 1.165) is 36.0 Å². The summed E-state index contributed by atoms with van der Waals surface area (Å²) in [6.07, 6.45) is 6.32. The first-order valence-electron chi connectivity index (χ1n) is 15.2. The van der Waals surface area contributed by atoms with E-state index in [-0.39, 0.29) is 18.2 Å². The van der Waals surface area contributed by atoms with Crippen molar-refractivity contribution < 1.29 is 28.5 Å². The van der Waals surface area contributed by atoms with Crippen LogP contribution < -0.4 is 0 Å². The molecule has 3 unspecified atom stereocenters. The number of nitrogens with zero attached hydrogens (tertiary/aromatic N) is 1. The molecule has 6 atom stereocenters. The fourth-order valence-electron chi connectivity index (χ4n) is 5.81. The van der Waals surface area contributed by atoms with Gasteiger partial charge < -0.3 is 23.7 Å². The van der Waals surface area contributed by atoms with Gasteiger partial charge in [-0.1, -0.05) is 106 Å². The zero-order valence-corrected chi connectivity index (χ0v) is 24.9. The Hall–Kier alpha value is -2.71. The van der Waals surface area contributed by atoms with Crippen molar-refractivity contribution in [1.82, 2.24) is 4.90 Å². The van der Waals surface area contributed by atoms with Crippen molar-refractivity contribution in [3.8, 4) is 0 Å². The highest BCUT2D eigenvalue weighted by Gasteiger charge is 2.53. The molecule has 0 N–H and O–H groups in total. The molecule has 222 valence electrons. The quantitative estimate of drug-likeness (QED) is 0.220. The number of carbonyl (C=O) groups is 1. The van der Waals surface area contributed by atoms with E-state index in [1.54, 1.807) is 0 Å². The fraction of sp³-hybridized carbons (Fsp3) is 0.559. The van der Waals surface area contributed by atoms with E-state index in [1.807, 2.05) is 86.3 Å². The van der Waals surface area contributed by atoms with E-state index in [2.05, 4.69) is 13.0 Å². The molecule has 2 saturated heterocycles. The maximum absolute atomic E-state index is 13.7. The van der Waals surface area contributed by atoms with Gasteiger partial charge in [-0.05, 0) is 32.8 Å². The summed E-state index contributed by atoms with van der Waals surface area (Å²) in [6.45, 7) is 8.90. The van der Waals surface area contributed by atoms with Gasteiger partial charge in [0.15, 0.2) is 12.6 Å². The van der Waals surface area contributed by atoms with Crippen LogP contribution in [0.4, 0.5) is 4.79 Å². The maximum Gasteiger partial charge on any atom is 0.410 e. The van der Waals surface area contributed by atoms with E-state index in [4.69, 9.17) is 23.7 Å². The highest BCUT2D eigenvalue weighted by atomic mass is 16.8. The molecule has 2 heterocycles. The Balaban J connectivity index is 1.42. The van der Waals surface area contributed by atoms with Gasteiger partial charge >= 0.3 is 6.09 Å². The van der Waals surface area contributed by atoms with E-state index in [1.165, 1.54) is 19.3 Å². The summed E-state index contributed by atoms with van der Waals surface area (Å²) in [4.78, 5) is 15.5. The summed E-state index contributed by atoms with van der Waals surface area (Å²) in [5.74, 6) is 0.